The Balaban J connectivity index is 2.23. The molecule has 0 saturated carbocycles. The monoisotopic (exact) mass is 266 g/mol. The summed E-state index contributed by atoms with van der Waals surface area (Å²) in [4.78, 5) is 1.31. The third-order valence-electron chi connectivity index (χ3n) is 2.77. The number of nitrogens with zero attached hydrogens (tertiary/aromatic N) is 1. The highest BCUT2D eigenvalue weighted by Gasteiger charge is 2.00. The summed E-state index contributed by atoms with van der Waals surface area (Å²) in [6, 6.07) is 8.76. The summed E-state index contributed by atoms with van der Waals surface area (Å²) in [5.74, 6) is 1.98. The number of hydrogen-bond donors (Lipinski definition) is 2. The van der Waals surface area contributed by atoms with Crippen molar-refractivity contribution in [2.24, 2.45) is 10.9 Å². The molecule has 3 nitrogen and oxygen atoms in total. The molecule has 0 aromatic heterocycles. The van der Waals surface area contributed by atoms with E-state index in [0.29, 0.717) is 18.2 Å². The second-order valence-corrected chi connectivity index (χ2v) is 5.79. The molecule has 100 valence electrons. The van der Waals surface area contributed by atoms with Crippen LogP contribution >= 0.6 is 11.8 Å². The highest BCUT2D eigenvalue weighted by Crippen LogP contribution is 2.22. The van der Waals surface area contributed by atoms with Gasteiger partial charge in [0.05, 0.1) is 0 Å². The number of oxime groups is 1. The van der Waals surface area contributed by atoms with Gasteiger partial charge in [0.2, 0.25) is 0 Å². The third kappa shape index (κ3) is 5.45. The van der Waals surface area contributed by atoms with Crippen molar-refractivity contribution >= 4 is 17.6 Å². The third-order valence-corrected chi connectivity index (χ3v) is 3.87. The van der Waals surface area contributed by atoms with E-state index < -0.39 is 0 Å². The van der Waals surface area contributed by atoms with Crippen molar-refractivity contribution in [1.82, 2.24) is 0 Å². The van der Waals surface area contributed by atoms with E-state index in [2.05, 4.69) is 43.3 Å². The minimum atomic E-state index is 0.321. The predicted molar refractivity (Wildman–Crippen MR) is 78.5 cm³/mol. The van der Waals surface area contributed by atoms with Crippen LogP contribution in [0.1, 0.15) is 44.6 Å². The number of hydrogen-bond acceptors (Lipinski definition) is 3. The molecule has 3 N–H and O–H groups in total. The van der Waals surface area contributed by atoms with Crippen LogP contribution in [-0.2, 0) is 0 Å². The summed E-state index contributed by atoms with van der Waals surface area (Å²) in [6.07, 6.45) is 2.71. The first kappa shape index (κ1) is 14.9. The lowest BCUT2D eigenvalue weighted by atomic mass is 10.0. The van der Waals surface area contributed by atoms with Gasteiger partial charge in [-0.2, -0.15) is 0 Å². The van der Waals surface area contributed by atoms with Crippen LogP contribution in [0.25, 0.3) is 0 Å². The molecule has 1 aromatic rings. The summed E-state index contributed by atoms with van der Waals surface area (Å²) in [6.45, 7) is 4.41. The average molecular weight is 266 g/mol. The van der Waals surface area contributed by atoms with Crippen molar-refractivity contribution in [3.63, 3.8) is 0 Å². The molecule has 0 fully saturated rings. The maximum Gasteiger partial charge on any atom is 0.139 e. The van der Waals surface area contributed by atoms with Gasteiger partial charge in [0.25, 0.3) is 0 Å². The molecule has 0 radical (unpaired) electrons. The molecule has 0 amide bonds. The van der Waals surface area contributed by atoms with Crippen LogP contribution in [0, 0.1) is 0 Å². The fourth-order valence-corrected chi connectivity index (χ4v) is 2.51. The molecule has 4 heteroatoms. The molecule has 0 bridgehead atoms. The number of benzene rings is 1. The van der Waals surface area contributed by atoms with E-state index in [1.807, 2.05) is 11.8 Å². The summed E-state index contributed by atoms with van der Waals surface area (Å²) in [7, 11) is 0. The zero-order valence-corrected chi connectivity index (χ0v) is 11.9. The first-order valence-corrected chi connectivity index (χ1v) is 7.31. The van der Waals surface area contributed by atoms with E-state index in [4.69, 9.17) is 10.9 Å². The molecule has 1 rings (SSSR count). The minimum Gasteiger partial charge on any atom is -0.409 e. The SMILES string of the molecule is CC(C)c1ccc(SCCCC/C(N)=N/O)cc1. The molecular weight excluding hydrogens is 244 g/mol. The van der Waals surface area contributed by atoms with Crippen LogP contribution in [0.3, 0.4) is 0 Å². The molecule has 0 spiro atoms. The van der Waals surface area contributed by atoms with Crippen LogP contribution in [0.2, 0.25) is 0 Å². The van der Waals surface area contributed by atoms with Gasteiger partial charge < -0.3 is 10.9 Å². The molecule has 0 aliphatic heterocycles. The van der Waals surface area contributed by atoms with Gasteiger partial charge in [0.15, 0.2) is 0 Å². The maximum atomic E-state index is 8.40. The normalized spacial score (nSPS) is 12.1. The van der Waals surface area contributed by atoms with Crippen molar-refractivity contribution in [3.05, 3.63) is 29.8 Å². The number of amidine groups is 1. The molecule has 0 atom stereocenters. The van der Waals surface area contributed by atoms with Gasteiger partial charge in [-0.3, -0.25) is 0 Å². The first-order chi connectivity index (χ1) is 8.63. The molecule has 0 aliphatic rings. The fraction of sp³-hybridized carbons (Fsp3) is 0.500. The Morgan fingerprint density at radius 1 is 1.28 bits per heavy atom. The van der Waals surface area contributed by atoms with E-state index in [9.17, 15) is 0 Å². The van der Waals surface area contributed by atoms with Crippen molar-refractivity contribution in [2.75, 3.05) is 5.75 Å². The number of nitrogens with two attached hydrogens (primary N) is 1. The Bertz CT molecular complexity index is 374. The van der Waals surface area contributed by atoms with Crippen LogP contribution < -0.4 is 5.73 Å². The van der Waals surface area contributed by atoms with E-state index in [1.54, 1.807) is 0 Å². The fourth-order valence-electron chi connectivity index (χ4n) is 1.60. The summed E-state index contributed by atoms with van der Waals surface area (Å²) in [5.41, 5.74) is 6.79. The van der Waals surface area contributed by atoms with Crippen molar-refractivity contribution in [1.29, 1.82) is 0 Å². The van der Waals surface area contributed by atoms with Crippen LogP contribution in [0.4, 0.5) is 0 Å². The zero-order chi connectivity index (χ0) is 13.4. The van der Waals surface area contributed by atoms with E-state index in [0.717, 1.165) is 18.6 Å². The summed E-state index contributed by atoms with van der Waals surface area (Å²) >= 11 is 1.86. The van der Waals surface area contributed by atoms with E-state index >= 15 is 0 Å². The Labute approximate surface area is 113 Å². The van der Waals surface area contributed by atoms with Gasteiger partial charge in [0, 0.05) is 11.3 Å². The van der Waals surface area contributed by atoms with Gasteiger partial charge in [-0.15, -0.1) is 11.8 Å². The largest absolute Gasteiger partial charge is 0.409 e. The number of unbranched alkanes of at least 4 members (excludes halogenated alkanes) is 1. The zero-order valence-electron chi connectivity index (χ0n) is 11.1. The highest BCUT2D eigenvalue weighted by atomic mass is 32.2. The average Bonchev–Trinajstić information content (AvgIpc) is 2.38. The molecule has 0 unspecified atom stereocenters. The Kier molecular flexibility index (Phi) is 6.65. The van der Waals surface area contributed by atoms with Gasteiger partial charge in [-0.1, -0.05) is 31.1 Å². The van der Waals surface area contributed by atoms with Crippen molar-refractivity contribution in [3.8, 4) is 0 Å². The lowest BCUT2D eigenvalue weighted by Crippen LogP contribution is -2.10. The lowest BCUT2D eigenvalue weighted by molar-refractivity contribution is 0.316. The number of rotatable bonds is 7. The molecule has 0 saturated heterocycles. The minimum absolute atomic E-state index is 0.321. The standard InChI is InChI=1S/C14H22N2OS/c1-11(2)12-6-8-13(9-7-12)18-10-4-3-5-14(15)16-17/h6-9,11,17H,3-5,10H2,1-2H3,(H2,15,16). The lowest BCUT2D eigenvalue weighted by Gasteiger charge is -2.06. The van der Waals surface area contributed by atoms with E-state index in [-0.39, 0.29) is 0 Å². The van der Waals surface area contributed by atoms with E-state index in [1.165, 1.54) is 10.5 Å². The molecular formula is C14H22N2OS. The Hall–Kier alpha value is -1.16. The molecule has 1 aromatic carbocycles. The van der Waals surface area contributed by atoms with Gasteiger partial charge in [-0.05, 0) is 42.2 Å². The summed E-state index contributed by atoms with van der Waals surface area (Å²) < 4.78 is 0. The van der Waals surface area contributed by atoms with Gasteiger partial charge >= 0.3 is 0 Å². The Morgan fingerprint density at radius 3 is 2.50 bits per heavy atom. The van der Waals surface area contributed by atoms with Crippen molar-refractivity contribution < 1.29 is 5.21 Å². The Morgan fingerprint density at radius 2 is 1.94 bits per heavy atom. The first-order valence-electron chi connectivity index (χ1n) is 6.32. The van der Waals surface area contributed by atoms with Crippen molar-refractivity contribution in [2.45, 2.75) is 43.9 Å². The van der Waals surface area contributed by atoms with Gasteiger partial charge in [-0.25, -0.2) is 0 Å². The smallest absolute Gasteiger partial charge is 0.139 e. The van der Waals surface area contributed by atoms with Gasteiger partial charge in [0.1, 0.15) is 5.84 Å². The highest BCUT2D eigenvalue weighted by molar-refractivity contribution is 7.99. The second kappa shape index (κ2) is 8.03. The maximum absolute atomic E-state index is 8.40. The predicted octanol–water partition coefficient (Wildman–Crippen LogP) is 3.82. The molecule has 18 heavy (non-hydrogen) atoms. The topological polar surface area (TPSA) is 58.6 Å². The quantitative estimate of drug-likeness (QED) is 0.197. The van der Waals surface area contributed by atoms with Crippen LogP contribution in [0.5, 0.6) is 0 Å². The molecule has 0 heterocycles. The van der Waals surface area contributed by atoms with Crippen LogP contribution in [-0.4, -0.2) is 16.8 Å². The number of thioether (sulfide) groups is 1. The second-order valence-electron chi connectivity index (χ2n) is 4.62. The summed E-state index contributed by atoms with van der Waals surface area (Å²) in [5, 5.41) is 11.4. The molecule has 0 aliphatic carbocycles. The van der Waals surface area contributed by atoms with Crippen LogP contribution in [0.15, 0.2) is 34.3 Å².